The zero-order chi connectivity index (χ0) is 16.1. The van der Waals surface area contributed by atoms with E-state index in [9.17, 15) is 9.59 Å². The second-order valence-corrected chi connectivity index (χ2v) is 5.16. The van der Waals surface area contributed by atoms with Crippen LogP contribution in [-0.4, -0.2) is 23.0 Å². The van der Waals surface area contributed by atoms with Gasteiger partial charge in [-0.15, -0.1) is 0 Å². The van der Waals surface area contributed by atoms with Crippen LogP contribution in [0.5, 0.6) is 0 Å². The lowest BCUT2D eigenvalue weighted by molar-refractivity contribution is -0.123. The summed E-state index contributed by atoms with van der Waals surface area (Å²) in [6.45, 7) is 5.21. The molecule has 2 amide bonds. The Kier molecular flexibility index (Phi) is 4.93. The van der Waals surface area contributed by atoms with E-state index in [0.29, 0.717) is 5.76 Å². The lowest BCUT2D eigenvalue weighted by atomic mass is 10.1. The number of nitrogens with zero attached hydrogens (tertiary/aromatic N) is 1. The Bertz CT molecular complexity index is 652. The van der Waals surface area contributed by atoms with Crippen LogP contribution in [0.3, 0.4) is 0 Å². The molecule has 0 aliphatic carbocycles. The molecule has 2 rings (SSSR count). The molecular weight excluding hydrogens is 282 g/mol. The van der Waals surface area contributed by atoms with Gasteiger partial charge in [-0.1, -0.05) is 35.5 Å². The molecule has 6 nitrogen and oxygen atoms in total. The van der Waals surface area contributed by atoms with Crippen LogP contribution >= 0.6 is 0 Å². The SMILES string of the molecule is Cc1cc(C(=O)N[C@@H](C)C(=O)N[C@@H](C)c2ccccc2)no1. The Morgan fingerprint density at radius 2 is 1.82 bits per heavy atom. The number of carbonyl (C=O) groups is 2. The standard InChI is InChI=1S/C16H19N3O3/c1-10-9-14(19-22-10)16(21)18-12(3)15(20)17-11(2)13-7-5-4-6-8-13/h4-9,11-12H,1-3H3,(H,17,20)(H,18,21)/t11-,12-/m0/s1. The van der Waals surface area contributed by atoms with Gasteiger partial charge in [0.05, 0.1) is 6.04 Å². The quantitative estimate of drug-likeness (QED) is 0.884. The van der Waals surface area contributed by atoms with Crippen molar-refractivity contribution in [1.29, 1.82) is 0 Å². The third-order valence-corrected chi connectivity index (χ3v) is 3.26. The van der Waals surface area contributed by atoms with Crippen LogP contribution in [0.25, 0.3) is 0 Å². The van der Waals surface area contributed by atoms with Crippen molar-refractivity contribution in [3.8, 4) is 0 Å². The van der Waals surface area contributed by atoms with Gasteiger partial charge in [0.2, 0.25) is 5.91 Å². The molecule has 0 unspecified atom stereocenters. The van der Waals surface area contributed by atoms with Crippen LogP contribution in [-0.2, 0) is 4.79 Å². The molecule has 6 heteroatoms. The van der Waals surface area contributed by atoms with Crippen LogP contribution in [0.1, 0.15) is 41.7 Å². The topological polar surface area (TPSA) is 84.2 Å². The number of benzene rings is 1. The van der Waals surface area contributed by atoms with Gasteiger partial charge in [0.1, 0.15) is 11.8 Å². The van der Waals surface area contributed by atoms with Crippen LogP contribution < -0.4 is 10.6 Å². The van der Waals surface area contributed by atoms with Gasteiger partial charge in [-0.25, -0.2) is 0 Å². The van der Waals surface area contributed by atoms with Crippen LogP contribution in [0.2, 0.25) is 0 Å². The Morgan fingerprint density at radius 1 is 1.14 bits per heavy atom. The molecule has 0 bridgehead atoms. The molecule has 116 valence electrons. The fourth-order valence-electron chi connectivity index (χ4n) is 1.97. The van der Waals surface area contributed by atoms with Crippen LogP contribution in [0.4, 0.5) is 0 Å². The lowest BCUT2D eigenvalue weighted by Gasteiger charge is -2.18. The van der Waals surface area contributed by atoms with E-state index in [1.807, 2.05) is 37.3 Å². The Labute approximate surface area is 128 Å². The van der Waals surface area contributed by atoms with E-state index in [2.05, 4.69) is 15.8 Å². The summed E-state index contributed by atoms with van der Waals surface area (Å²) < 4.78 is 4.84. The molecule has 0 aliphatic rings. The highest BCUT2D eigenvalue weighted by Gasteiger charge is 2.20. The van der Waals surface area contributed by atoms with Gasteiger partial charge in [0.15, 0.2) is 5.69 Å². The minimum atomic E-state index is -0.671. The third kappa shape index (κ3) is 3.94. The lowest BCUT2D eigenvalue weighted by Crippen LogP contribution is -2.45. The van der Waals surface area contributed by atoms with Gasteiger partial charge < -0.3 is 15.2 Å². The molecule has 0 saturated heterocycles. The Balaban J connectivity index is 1.91. The van der Waals surface area contributed by atoms with Crippen molar-refractivity contribution in [1.82, 2.24) is 15.8 Å². The number of aryl methyl sites for hydroxylation is 1. The van der Waals surface area contributed by atoms with E-state index >= 15 is 0 Å². The Morgan fingerprint density at radius 3 is 2.41 bits per heavy atom. The Hall–Kier alpha value is -2.63. The molecule has 0 aliphatic heterocycles. The normalized spacial score (nSPS) is 13.2. The molecule has 22 heavy (non-hydrogen) atoms. The summed E-state index contributed by atoms with van der Waals surface area (Å²) in [5.74, 6) is -0.156. The number of rotatable bonds is 5. The number of nitrogens with one attached hydrogen (secondary N) is 2. The number of hydrogen-bond donors (Lipinski definition) is 2. The zero-order valence-corrected chi connectivity index (χ0v) is 12.8. The fraction of sp³-hybridized carbons (Fsp3) is 0.312. The van der Waals surface area contributed by atoms with Crippen molar-refractivity contribution in [3.05, 3.63) is 53.4 Å². The van der Waals surface area contributed by atoms with Gasteiger partial charge in [-0.05, 0) is 26.3 Å². The summed E-state index contributed by atoms with van der Waals surface area (Å²) in [6, 6.07) is 10.3. The van der Waals surface area contributed by atoms with E-state index in [1.54, 1.807) is 13.8 Å². The van der Waals surface area contributed by atoms with Crippen molar-refractivity contribution in [3.63, 3.8) is 0 Å². The first-order chi connectivity index (χ1) is 10.5. The molecule has 2 N–H and O–H groups in total. The van der Waals surface area contributed by atoms with E-state index in [-0.39, 0.29) is 17.6 Å². The third-order valence-electron chi connectivity index (χ3n) is 3.26. The molecule has 0 saturated carbocycles. The average molecular weight is 301 g/mol. The van der Waals surface area contributed by atoms with Gasteiger partial charge >= 0.3 is 0 Å². The summed E-state index contributed by atoms with van der Waals surface area (Å²) in [4.78, 5) is 24.0. The van der Waals surface area contributed by atoms with E-state index < -0.39 is 11.9 Å². The second-order valence-electron chi connectivity index (χ2n) is 5.16. The predicted octanol–water partition coefficient (Wildman–Crippen LogP) is 1.98. The molecule has 1 aromatic heterocycles. The maximum absolute atomic E-state index is 12.1. The monoisotopic (exact) mass is 301 g/mol. The summed E-state index contributed by atoms with van der Waals surface area (Å²) in [5.41, 5.74) is 1.16. The smallest absolute Gasteiger partial charge is 0.274 e. The summed E-state index contributed by atoms with van der Waals surface area (Å²) in [7, 11) is 0. The summed E-state index contributed by atoms with van der Waals surface area (Å²) in [5, 5.41) is 9.07. The van der Waals surface area contributed by atoms with Crippen molar-refractivity contribution >= 4 is 11.8 Å². The molecule has 2 atom stereocenters. The van der Waals surface area contributed by atoms with Gasteiger partial charge in [0.25, 0.3) is 5.91 Å². The molecule has 0 fully saturated rings. The first-order valence-electron chi connectivity index (χ1n) is 7.07. The zero-order valence-electron chi connectivity index (χ0n) is 12.8. The minimum absolute atomic E-state index is 0.137. The van der Waals surface area contributed by atoms with E-state index in [1.165, 1.54) is 6.07 Å². The summed E-state index contributed by atoms with van der Waals surface area (Å²) in [6.07, 6.45) is 0. The second kappa shape index (κ2) is 6.89. The number of aromatic nitrogens is 1. The van der Waals surface area contributed by atoms with E-state index in [0.717, 1.165) is 5.56 Å². The van der Waals surface area contributed by atoms with Gasteiger partial charge in [-0.2, -0.15) is 0 Å². The molecular formula is C16H19N3O3. The highest BCUT2D eigenvalue weighted by Crippen LogP contribution is 2.11. The maximum Gasteiger partial charge on any atom is 0.274 e. The highest BCUT2D eigenvalue weighted by atomic mass is 16.5. The number of carbonyl (C=O) groups excluding carboxylic acids is 2. The maximum atomic E-state index is 12.1. The predicted molar refractivity (Wildman–Crippen MR) is 81.2 cm³/mol. The fourth-order valence-corrected chi connectivity index (χ4v) is 1.97. The largest absolute Gasteiger partial charge is 0.361 e. The molecule has 0 spiro atoms. The van der Waals surface area contributed by atoms with E-state index in [4.69, 9.17) is 4.52 Å². The van der Waals surface area contributed by atoms with Crippen molar-refractivity contribution in [2.45, 2.75) is 32.9 Å². The average Bonchev–Trinajstić information content (AvgIpc) is 2.94. The van der Waals surface area contributed by atoms with Crippen LogP contribution in [0.15, 0.2) is 40.9 Å². The van der Waals surface area contributed by atoms with Crippen molar-refractivity contribution < 1.29 is 14.1 Å². The summed E-state index contributed by atoms with van der Waals surface area (Å²) >= 11 is 0. The first kappa shape index (κ1) is 15.8. The minimum Gasteiger partial charge on any atom is -0.361 e. The van der Waals surface area contributed by atoms with Crippen molar-refractivity contribution in [2.75, 3.05) is 0 Å². The highest BCUT2D eigenvalue weighted by molar-refractivity contribution is 5.95. The van der Waals surface area contributed by atoms with Crippen LogP contribution in [0, 0.1) is 6.92 Å². The molecule has 0 radical (unpaired) electrons. The molecule has 1 heterocycles. The first-order valence-corrected chi connectivity index (χ1v) is 7.07. The number of amides is 2. The molecule has 1 aromatic carbocycles. The van der Waals surface area contributed by atoms with Crippen molar-refractivity contribution in [2.24, 2.45) is 0 Å². The van der Waals surface area contributed by atoms with Gasteiger partial charge in [0, 0.05) is 6.07 Å². The number of hydrogen-bond acceptors (Lipinski definition) is 4. The van der Waals surface area contributed by atoms with Gasteiger partial charge in [-0.3, -0.25) is 9.59 Å². The molecule has 2 aromatic rings.